The number of nitrogens with one attached hydrogen (secondary N) is 1. The van der Waals surface area contributed by atoms with Gasteiger partial charge in [-0.05, 0) is 6.42 Å². The van der Waals surface area contributed by atoms with Gasteiger partial charge in [-0.3, -0.25) is 14.4 Å². The Morgan fingerprint density at radius 3 is 1.81 bits per heavy atom. The Kier molecular flexibility index (Phi) is 8.62. The summed E-state index contributed by atoms with van der Waals surface area (Å²) in [6.07, 6.45) is 0.848. The summed E-state index contributed by atoms with van der Waals surface area (Å²) in [5.41, 5.74) is 0.940. The van der Waals surface area contributed by atoms with Crippen LogP contribution in [0.25, 0.3) is 0 Å². The molecule has 5 nitrogen and oxygen atoms in total. The lowest BCUT2D eigenvalue weighted by atomic mass is 10.2. The largest absolute Gasteiger partial charge is 0.354 e. The van der Waals surface area contributed by atoms with Crippen molar-refractivity contribution >= 4 is 39.7 Å². The molecule has 0 heterocycles. The number of unbranched alkanes of at least 4 members (excludes halogenated alkanes) is 1. The van der Waals surface area contributed by atoms with E-state index >= 15 is 0 Å². The fraction of sp³-hybridized carbons (Fsp3) is 0.200. The quantitative estimate of drug-likeness (QED) is 0.536. The minimum atomic E-state index is -0.910. The summed E-state index contributed by atoms with van der Waals surface area (Å²) < 4.78 is -0.910. The second-order valence-corrected chi connectivity index (χ2v) is 7.88. The molecule has 0 radical (unpaired) electrons. The molecule has 1 amide bonds. The SMILES string of the molecule is N#CCCCNC(=O)C(SC(=O)c1ccccc1)SC(=O)c1ccccc1. The smallest absolute Gasteiger partial charge is 0.244 e. The summed E-state index contributed by atoms with van der Waals surface area (Å²) >= 11 is 1.64. The van der Waals surface area contributed by atoms with Crippen LogP contribution < -0.4 is 5.32 Å². The van der Waals surface area contributed by atoms with Gasteiger partial charge in [0.2, 0.25) is 16.1 Å². The second kappa shape index (κ2) is 11.2. The highest BCUT2D eigenvalue weighted by atomic mass is 32.2. The molecule has 0 bridgehead atoms. The van der Waals surface area contributed by atoms with Crippen molar-refractivity contribution in [3.8, 4) is 6.07 Å². The molecule has 2 aromatic rings. The van der Waals surface area contributed by atoms with E-state index in [-0.39, 0.29) is 10.2 Å². The van der Waals surface area contributed by atoms with Crippen molar-refractivity contribution in [1.29, 1.82) is 5.26 Å². The summed E-state index contributed by atoms with van der Waals surface area (Å²) in [6, 6.07) is 19.3. The molecule has 0 aliphatic heterocycles. The topological polar surface area (TPSA) is 87.0 Å². The summed E-state index contributed by atoms with van der Waals surface area (Å²) in [7, 11) is 0. The lowest BCUT2D eigenvalue weighted by molar-refractivity contribution is -0.119. The number of nitrogens with zero attached hydrogens (tertiary/aromatic N) is 1. The molecule has 0 aliphatic carbocycles. The average Bonchev–Trinajstić information content (AvgIpc) is 2.71. The summed E-state index contributed by atoms with van der Waals surface area (Å²) in [6.45, 7) is 0.322. The first kappa shape index (κ1) is 20.7. The van der Waals surface area contributed by atoms with Gasteiger partial charge in [0.1, 0.15) is 4.58 Å². The van der Waals surface area contributed by atoms with Crippen LogP contribution in [0.4, 0.5) is 0 Å². The van der Waals surface area contributed by atoms with E-state index in [9.17, 15) is 14.4 Å². The Balaban J connectivity index is 2.07. The van der Waals surface area contributed by atoms with Gasteiger partial charge in [-0.15, -0.1) is 0 Å². The Hall–Kier alpha value is -2.56. The molecular formula is C20H18N2O3S2. The van der Waals surface area contributed by atoms with E-state index in [2.05, 4.69) is 5.32 Å². The van der Waals surface area contributed by atoms with Crippen LogP contribution in [0.3, 0.4) is 0 Å². The second-order valence-electron chi connectivity index (χ2n) is 5.43. The number of benzene rings is 2. The van der Waals surface area contributed by atoms with E-state index in [1.54, 1.807) is 60.7 Å². The Morgan fingerprint density at radius 2 is 1.37 bits per heavy atom. The summed E-state index contributed by atoms with van der Waals surface area (Å²) in [4.78, 5) is 37.4. The molecule has 2 aromatic carbocycles. The third kappa shape index (κ3) is 6.93. The number of carbonyl (C=O) groups excluding carboxylic acids is 3. The molecule has 1 N–H and O–H groups in total. The van der Waals surface area contributed by atoms with E-state index in [0.29, 0.717) is 30.5 Å². The molecule has 0 aromatic heterocycles. The monoisotopic (exact) mass is 398 g/mol. The van der Waals surface area contributed by atoms with Crippen molar-refractivity contribution in [2.45, 2.75) is 17.4 Å². The Morgan fingerprint density at radius 1 is 0.889 bits per heavy atom. The van der Waals surface area contributed by atoms with Gasteiger partial charge in [0, 0.05) is 24.1 Å². The first-order valence-corrected chi connectivity index (χ1v) is 10.0. The number of thioether (sulfide) groups is 2. The average molecular weight is 399 g/mol. The van der Waals surface area contributed by atoms with Crippen LogP contribution in [-0.2, 0) is 4.79 Å². The van der Waals surface area contributed by atoms with Crippen molar-refractivity contribution in [2.75, 3.05) is 6.54 Å². The van der Waals surface area contributed by atoms with Crippen molar-refractivity contribution in [3.05, 3.63) is 71.8 Å². The number of rotatable bonds is 8. The zero-order valence-corrected chi connectivity index (χ0v) is 16.1. The molecule has 0 saturated carbocycles. The van der Waals surface area contributed by atoms with Crippen LogP contribution in [0.2, 0.25) is 0 Å². The zero-order chi connectivity index (χ0) is 19.5. The van der Waals surface area contributed by atoms with E-state index < -0.39 is 10.5 Å². The van der Waals surface area contributed by atoms with E-state index in [0.717, 1.165) is 23.5 Å². The predicted octanol–water partition coefficient (Wildman–Crippen LogP) is 3.88. The van der Waals surface area contributed by atoms with Gasteiger partial charge in [-0.25, -0.2) is 0 Å². The highest BCUT2D eigenvalue weighted by Crippen LogP contribution is 2.30. The number of carbonyl (C=O) groups is 3. The molecule has 0 saturated heterocycles. The van der Waals surface area contributed by atoms with Crippen molar-refractivity contribution in [2.24, 2.45) is 0 Å². The molecule has 0 spiro atoms. The molecular weight excluding hydrogens is 380 g/mol. The minimum absolute atomic E-state index is 0.277. The van der Waals surface area contributed by atoms with Gasteiger partial charge in [0.25, 0.3) is 0 Å². The number of hydrogen-bond acceptors (Lipinski definition) is 6. The van der Waals surface area contributed by atoms with Crippen LogP contribution in [0.5, 0.6) is 0 Å². The van der Waals surface area contributed by atoms with Crippen LogP contribution in [0, 0.1) is 11.3 Å². The first-order valence-electron chi connectivity index (χ1n) is 8.28. The van der Waals surface area contributed by atoms with Gasteiger partial charge in [-0.1, -0.05) is 84.2 Å². The Bertz CT molecular complexity index is 767. The fourth-order valence-electron chi connectivity index (χ4n) is 2.07. The van der Waals surface area contributed by atoms with Crippen molar-refractivity contribution in [1.82, 2.24) is 5.32 Å². The molecule has 2 rings (SSSR count). The maximum Gasteiger partial charge on any atom is 0.244 e. The fourth-order valence-corrected chi connectivity index (χ4v) is 4.10. The van der Waals surface area contributed by atoms with Gasteiger partial charge >= 0.3 is 0 Å². The third-order valence-electron chi connectivity index (χ3n) is 3.43. The van der Waals surface area contributed by atoms with Gasteiger partial charge in [-0.2, -0.15) is 5.26 Å². The third-order valence-corrected chi connectivity index (χ3v) is 5.76. The van der Waals surface area contributed by atoms with E-state index in [4.69, 9.17) is 5.26 Å². The molecule has 0 atom stereocenters. The number of nitriles is 1. The number of hydrogen-bond donors (Lipinski definition) is 1. The molecule has 0 fully saturated rings. The van der Waals surface area contributed by atoms with Crippen molar-refractivity contribution in [3.63, 3.8) is 0 Å². The first-order chi connectivity index (χ1) is 13.1. The number of amides is 1. The standard InChI is InChI=1S/C20H18N2O3S2/c21-13-7-8-14-22-17(23)20(26-18(24)15-9-3-1-4-10-15)27-19(25)16-11-5-2-6-12-16/h1-6,9-12,20H,7-8,14H2,(H,22,23). The lowest BCUT2D eigenvalue weighted by Gasteiger charge is -2.14. The maximum absolute atomic E-state index is 12.5. The molecule has 0 unspecified atom stereocenters. The van der Waals surface area contributed by atoms with Gasteiger partial charge < -0.3 is 5.32 Å². The molecule has 138 valence electrons. The molecule has 27 heavy (non-hydrogen) atoms. The summed E-state index contributed by atoms with van der Waals surface area (Å²) in [5.74, 6) is -0.406. The minimum Gasteiger partial charge on any atom is -0.354 e. The van der Waals surface area contributed by atoms with Crippen LogP contribution in [0.15, 0.2) is 60.7 Å². The van der Waals surface area contributed by atoms with E-state index in [1.165, 1.54) is 0 Å². The highest BCUT2D eigenvalue weighted by molar-refractivity contribution is 8.31. The Labute approximate surface area is 166 Å². The van der Waals surface area contributed by atoms with Crippen LogP contribution in [-0.4, -0.2) is 27.3 Å². The van der Waals surface area contributed by atoms with Crippen LogP contribution in [0.1, 0.15) is 33.6 Å². The van der Waals surface area contributed by atoms with Gasteiger partial charge in [0.05, 0.1) is 6.07 Å². The van der Waals surface area contributed by atoms with Crippen molar-refractivity contribution < 1.29 is 14.4 Å². The predicted molar refractivity (Wildman–Crippen MR) is 108 cm³/mol. The molecule has 7 heteroatoms. The summed E-state index contributed by atoms with van der Waals surface area (Å²) in [5, 5.41) is 10.7. The van der Waals surface area contributed by atoms with Gasteiger partial charge in [0.15, 0.2) is 0 Å². The maximum atomic E-state index is 12.5. The highest BCUT2D eigenvalue weighted by Gasteiger charge is 2.27. The van der Waals surface area contributed by atoms with Crippen LogP contribution >= 0.6 is 23.5 Å². The zero-order valence-electron chi connectivity index (χ0n) is 14.5. The lowest BCUT2D eigenvalue weighted by Crippen LogP contribution is -2.33. The normalized spacial score (nSPS) is 10.2. The van der Waals surface area contributed by atoms with E-state index in [1.807, 2.05) is 6.07 Å². The molecule has 0 aliphatic rings.